The first-order valence-corrected chi connectivity index (χ1v) is 2.99. The third kappa shape index (κ3) is 2.54. The summed E-state index contributed by atoms with van der Waals surface area (Å²) in [6, 6.07) is 1.68. The lowest BCUT2D eigenvalue weighted by Crippen LogP contribution is -1.90. The van der Waals surface area contributed by atoms with Crippen molar-refractivity contribution in [2.75, 3.05) is 0 Å². The van der Waals surface area contributed by atoms with Crippen molar-refractivity contribution in [3.05, 3.63) is 18.0 Å². The predicted octanol–water partition coefficient (Wildman–Crippen LogP) is 0.236. The molecule has 0 amide bonds. The summed E-state index contributed by atoms with van der Waals surface area (Å²) < 4.78 is 0. The number of aliphatic carboxylic acids is 1. The Labute approximate surface area is 63.2 Å². The summed E-state index contributed by atoms with van der Waals surface area (Å²) in [7, 11) is 0. The van der Waals surface area contributed by atoms with Crippen LogP contribution in [0.25, 0.3) is 0 Å². The van der Waals surface area contributed by atoms with Crippen LogP contribution in [0.2, 0.25) is 0 Å². The molecule has 2 N–H and O–H groups in total. The molecule has 0 aliphatic carbocycles. The Kier molecular flexibility index (Phi) is 2.28. The molecule has 4 heteroatoms. The van der Waals surface area contributed by atoms with Gasteiger partial charge in [0.15, 0.2) is 0 Å². The Morgan fingerprint density at radius 1 is 1.82 bits per heavy atom. The first kappa shape index (κ1) is 7.35. The SMILES string of the molecule is O=C(O)CC#Cc1ccn[nH]1. The van der Waals surface area contributed by atoms with Gasteiger partial charge < -0.3 is 5.11 Å². The van der Waals surface area contributed by atoms with Crippen molar-refractivity contribution in [1.29, 1.82) is 0 Å². The number of aromatic nitrogens is 2. The average Bonchev–Trinajstić information content (AvgIpc) is 2.39. The molecule has 1 rings (SSSR count). The smallest absolute Gasteiger partial charge is 0.315 e. The number of hydrogen-bond acceptors (Lipinski definition) is 2. The number of carboxylic acid groups (broad SMARTS) is 1. The number of carbonyl (C=O) groups is 1. The number of nitrogens with zero attached hydrogens (tertiary/aromatic N) is 1. The fourth-order valence-corrected chi connectivity index (χ4v) is 0.541. The molecule has 0 aliphatic rings. The topological polar surface area (TPSA) is 66.0 Å². The van der Waals surface area contributed by atoms with Gasteiger partial charge in [-0.3, -0.25) is 9.89 Å². The lowest BCUT2D eigenvalue weighted by Gasteiger charge is -1.78. The first-order valence-electron chi connectivity index (χ1n) is 2.99. The molecule has 0 aliphatic heterocycles. The van der Waals surface area contributed by atoms with E-state index in [2.05, 4.69) is 22.0 Å². The zero-order valence-electron chi connectivity index (χ0n) is 5.66. The van der Waals surface area contributed by atoms with Gasteiger partial charge in [0.05, 0.1) is 0 Å². The zero-order valence-corrected chi connectivity index (χ0v) is 5.66. The summed E-state index contributed by atoms with van der Waals surface area (Å²) in [4.78, 5) is 10.00. The minimum Gasteiger partial charge on any atom is -0.481 e. The van der Waals surface area contributed by atoms with Crippen LogP contribution in [0.5, 0.6) is 0 Å². The number of hydrogen-bond donors (Lipinski definition) is 2. The molecule has 4 nitrogen and oxygen atoms in total. The third-order valence-electron chi connectivity index (χ3n) is 0.963. The maximum absolute atomic E-state index is 10.00. The minimum atomic E-state index is -0.919. The van der Waals surface area contributed by atoms with Crippen LogP contribution in [0.1, 0.15) is 12.1 Å². The number of carboxylic acids is 1. The van der Waals surface area contributed by atoms with Crippen LogP contribution >= 0.6 is 0 Å². The lowest BCUT2D eigenvalue weighted by molar-refractivity contribution is -0.135. The quantitative estimate of drug-likeness (QED) is 0.563. The predicted molar refractivity (Wildman–Crippen MR) is 37.7 cm³/mol. The van der Waals surface area contributed by atoms with Crippen LogP contribution in [0.4, 0.5) is 0 Å². The molecule has 0 atom stereocenters. The molecule has 1 aromatic heterocycles. The summed E-state index contributed by atoms with van der Waals surface area (Å²) in [6.45, 7) is 0. The standard InChI is InChI=1S/C7H6N2O2/c10-7(11)3-1-2-6-4-5-8-9-6/h4-5H,3H2,(H,8,9)(H,10,11). The third-order valence-corrected chi connectivity index (χ3v) is 0.963. The molecular weight excluding hydrogens is 144 g/mol. The fourth-order valence-electron chi connectivity index (χ4n) is 0.541. The highest BCUT2D eigenvalue weighted by atomic mass is 16.4. The van der Waals surface area contributed by atoms with Gasteiger partial charge in [-0.05, 0) is 12.0 Å². The Hall–Kier alpha value is -1.76. The van der Waals surface area contributed by atoms with Gasteiger partial charge in [0, 0.05) is 6.20 Å². The van der Waals surface area contributed by atoms with Gasteiger partial charge in [0.25, 0.3) is 0 Å². The molecule has 0 saturated carbocycles. The second kappa shape index (κ2) is 3.42. The molecule has 11 heavy (non-hydrogen) atoms. The van der Waals surface area contributed by atoms with Crippen molar-refractivity contribution in [1.82, 2.24) is 10.2 Å². The molecule has 0 spiro atoms. The zero-order chi connectivity index (χ0) is 8.10. The van der Waals surface area contributed by atoms with Crippen LogP contribution in [0, 0.1) is 11.8 Å². The van der Waals surface area contributed by atoms with Crippen LogP contribution in [0.3, 0.4) is 0 Å². The van der Waals surface area contributed by atoms with Gasteiger partial charge >= 0.3 is 5.97 Å². The maximum Gasteiger partial charge on any atom is 0.315 e. The Bertz CT molecular complexity index is 292. The van der Waals surface area contributed by atoms with Crippen LogP contribution in [-0.2, 0) is 4.79 Å². The highest BCUT2D eigenvalue weighted by Crippen LogP contribution is 1.86. The summed E-state index contributed by atoms with van der Waals surface area (Å²) in [5.74, 6) is 4.15. The van der Waals surface area contributed by atoms with E-state index in [0.717, 1.165) is 0 Å². The molecular formula is C7H6N2O2. The second-order valence-corrected chi connectivity index (χ2v) is 1.84. The molecule has 0 unspecified atom stereocenters. The van der Waals surface area contributed by atoms with Crippen LogP contribution in [-0.4, -0.2) is 21.3 Å². The Morgan fingerprint density at radius 3 is 3.18 bits per heavy atom. The molecule has 56 valence electrons. The molecule has 0 aromatic carbocycles. The van der Waals surface area contributed by atoms with Gasteiger partial charge in [-0.1, -0.05) is 5.92 Å². The van der Waals surface area contributed by atoms with Gasteiger partial charge in [0.2, 0.25) is 0 Å². The maximum atomic E-state index is 10.00. The first-order chi connectivity index (χ1) is 5.29. The van der Waals surface area contributed by atoms with E-state index in [0.29, 0.717) is 5.69 Å². The fraction of sp³-hybridized carbons (Fsp3) is 0.143. The van der Waals surface area contributed by atoms with E-state index in [1.807, 2.05) is 0 Å². The average molecular weight is 150 g/mol. The Morgan fingerprint density at radius 2 is 2.64 bits per heavy atom. The van der Waals surface area contributed by atoms with E-state index in [4.69, 9.17) is 5.11 Å². The minimum absolute atomic E-state index is 0.140. The van der Waals surface area contributed by atoms with Gasteiger partial charge in [0.1, 0.15) is 12.1 Å². The highest BCUT2D eigenvalue weighted by Gasteiger charge is 1.88. The molecule has 1 heterocycles. The number of H-pyrrole nitrogens is 1. The van der Waals surface area contributed by atoms with E-state index in [-0.39, 0.29) is 6.42 Å². The summed E-state index contributed by atoms with van der Waals surface area (Å²) in [5.41, 5.74) is 0.631. The van der Waals surface area contributed by atoms with E-state index in [1.54, 1.807) is 12.3 Å². The molecule has 0 fully saturated rings. The monoisotopic (exact) mass is 150 g/mol. The van der Waals surface area contributed by atoms with Crippen molar-refractivity contribution in [2.24, 2.45) is 0 Å². The summed E-state index contributed by atoms with van der Waals surface area (Å²) in [5, 5.41) is 14.5. The van der Waals surface area contributed by atoms with E-state index >= 15 is 0 Å². The van der Waals surface area contributed by atoms with Crippen molar-refractivity contribution < 1.29 is 9.90 Å². The van der Waals surface area contributed by atoms with Gasteiger partial charge in [-0.15, -0.1) is 0 Å². The van der Waals surface area contributed by atoms with Gasteiger partial charge in [-0.25, -0.2) is 0 Å². The molecule has 0 bridgehead atoms. The Balaban J connectivity index is 2.52. The number of rotatable bonds is 1. The highest BCUT2D eigenvalue weighted by molar-refractivity contribution is 5.70. The van der Waals surface area contributed by atoms with Crippen LogP contribution < -0.4 is 0 Å². The summed E-state index contributed by atoms with van der Waals surface area (Å²) in [6.07, 6.45) is 1.42. The van der Waals surface area contributed by atoms with Crippen molar-refractivity contribution in [3.8, 4) is 11.8 Å². The lowest BCUT2D eigenvalue weighted by atomic mass is 10.4. The van der Waals surface area contributed by atoms with Crippen molar-refractivity contribution in [2.45, 2.75) is 6.42 Å². The molecule has 0 saturated heterocycles. The summed E-state index contributed by atoms with van der Waals surface area (Å²) >= 11 is 0. The number of nitrogens with one attached hydrogen (secondary N) is 1. The normalized spacial score (nSPS) is 8.36. The van der Waals surface area contributed by atoms with Crippen molar-refractivity contribution in [3.63, 3.8) is 0 Å². The van der Waals surface area contributed by atoms with Crippen molar-refractivity contribution >= 4 is 5.97 Å². The molecule has 0 radical (unpaired) electrons. The van der Waals surface area contributed by atoms with E-state index < -0.39 is 5.97 Å². The number of aromatic amines is 1. The van der Waals surface area contributed by atoms with Gasteiger partial charge in [-0.2, -0.15) is 5.10 Å². The van der Waals surface area contributed by atoms with E-state index in [1.165, 1.54) is 0 Å². The van der Waals surface area contributed by atoms with E-state index in [9.17, 15) is 4.79 Å². The van der Waals surface area contributed by atoms with Crippen LogP contribution in [0.15, 0.2) is 12.3 Å². The largest absolute Gasteiger partial charge is 0.481 e. The molecule has 1 aromatic rings. The second-order valence-electron chi connectivity index (χ2n) is 1.84.